The van der Waals surface area contributed by atoms with Crippen LogP contribution in [0.2, 0.25) is 0 Å². The Balaban J connectivity index is 2.02. The summed E-state index contributed by atoms with van der Waals surface area (Å²) < 4.78 is 21.0. The predicted octanol–water partition coefficient (Wildman–Crippen LogP) is 5.51. The molecular weight excluding hydrogens is 407 g/mol. The van der Waals surface area contributed by atoms with Gasteiger partial charge in [-0.15, -0.1) is 5.73 Å². The number of halogens is 1. The molecule has 0 spiro atoms. The molecule has 0 aliphatic rings. The van der Waals surface area contributed by atoms with Gasteiger partial charge in [0.1, 0.15) is 12.4 Å². The molecule has 0 saturated heterocycles. The quantitative estimate of drug-likeness (QED) is 0.385. The van der Waals surface area contributed by atoms with Gasteiger partial charge in [0.25, 0.3) is 0 Å². The fourth-order valence-electron chi connectivity index (χ4n) is 2.70. The summed E-state index contributed by atoms with van der Waals surface area (Å²) in [5, 5.41) is 2.03. The molecule has 3 aromatic rings. The van der Waals surface area contributed by atoms with Crippen molar-refractivity contribution < 1.29 is 9.30 Å². The van der Waals surface area contributed by atoms with Crippen LogP contribution in [0.15, 0.2) is 107 Å². The second-order valence-electron chi connectivity index (χ2n) is 5.62. The predicted molar refractivity (Wildman–Crippen MR) is 112 cm³/mol. The van der Waals surface area contributed by atoms with Crippen LogP contribution in [-0.2, 0) is 4.57 Å². The first kappa shape index (κ1) is 18.5. The topological polar surface area (TPSA) is 26.3 Å². The van der Waals surface area contributed by atoms with E-state index in [1.54, 1.807) is 0 Å². The number of para-hydroxylation sites is 1. The molecule has 0 heterocycles. The highest BCUT2D eigenvalue weighted by Gasteiger charge is 2.32. The van der Waals surface area contributed by atoms with Crippen molar-refractivity contribution in [3.05, 3.63) is 107 Å². The van der Waals surface area contributed by atoms with Gasteiger partial charge < -0.3 is 9.30 Å². The van der Waals surface area contributed by atoms with E-state index in [4.69, 9.17) is 4.74 Å². The van der Waals surface area contributed by atoms with Gasteiger partial charge in [0.05, 0.1) is 9.79 Å². The number of hydrogen-bond acceptors (Lipinski definition) is 2. The fraction of sp³-hybridized carbons (Fsp3) is 0.0455. The second-order valence-corrected chi connectivity index (χ2v) is 9.27. The summed E-state index contributed by atoms with van der Waals surface area (Å²) in [5.74, 6) is 0.688. The molecule has 0 unspecified atom stereocenters. The number of ether oxygens (including phenoxy) is 1. The highest BCUT2D eigenvalue weighted by atomic mass is 79.9. The van der Waals surface area contributed by atoms with Crippen molar-refractivity contribution in [1.29, 1.82) is 0 Å². The zero-order chi connectivity index (χ0) is 18.4. The lowest BCUT2D eigenvalue weighted by atomic mass is 10.3. The summed E-state index contributed by atoms with van der Waals surface area (Å²) in [6.45, 7) is 3.93. The Kier molecular flexibility index (Phi) is 5.96. The van der Waals surface area contributed by atoms with E-state index in [1.807, 2.05) is 84.9 Å². The minimum atomic E-state index is -3.08. The fourth-order valence-corrected chi connectivity index (χ4v) is 5.67. The summed E-state index contributed by atoms with van der Waals surface area (Å²) in [7, 11) is -3.08. The van der Waals surface area contributed by atoms with Crippen LogP contribution in [0, 0.1) is 0 Å². The molecule has 0 N–H and O–H groups in total. The molecule has 2 nitrogen and oxygen atoms in total. The molecule has 0 aliphatic carbocycles. The molecule has 0 amide bonds. The average Bonchev–Trinajstić information content (AvgIpc) is 2.70. The maximum absolute atomic E-state index is 14.2. The first-order valence-corrected chi connectivity index (χ1v) is 10.6. The van der Waals surface area contributed by atoms with Gasteiger partial charge in [-0.25, -0.2) is 0 Å². The van der Waals surface area contributed by atoms with Crippen molar-refractivity contribution in [3.63, 3.8) is 0 Å². The Morgan fingerprint density at radius 1 is 0.885 bits per heavy atom. The Morgan fingerprint density at radius 2 is 1.38 bits per heavy atom. The Bertz CT molecular complexity index is 934. The van der Waals surface area contributed by atoms with Crippen molar-refractivity contribution in [2.24, 2.45) is 0 Å². The van der Waals surface area contributed by atoms with Crippen LogP contribution in [0.1, 0.15) is 0 Å². The van der Waals surface area contributed by atoms with Crippen molar-refractivity contribution >= 4 is 33.7 Å². The molecule has 0 atom stereocenters. The molecule has 4 heteroatoms. The highest BCUT2D eigenvalue weighted by Crippen LogP contribution is 2.51. The SMILES string of the molecule is C=C=C(COc1ccccc1Br)P(=O)(c1ccccc1)c1ccccc1. The van der Waals surface area contributed by atoms with E-state index in [-0.39, 0.29) is 6.61 Å². The van der Waals surface area contributed by atoms with Crippen LogP contribution in [-0.4, -0.2) is 6.61 Å². The van der Waals surface area contributed by atoms with Gasteiger partial charge in [-0.2, -0.15) is 0 Å². The molecule has 0 radical (unpaired) electrons. The van der Waals surface area contributed by atoms with Gasteiger partial charge in [0.2, 0.25) is 0 Å². The first-order valence-electron chi connectivity index (χ1n) is 8.14. The second kappa shape index (κ2) is 8.38. The third-order valence-corrected chi connectivity index (χ3v) is 7.78. The van der Waals surface area contributed by atoms with E-state index in [1.165, 1.54) is 0 Å². The van der Waals surface area contributed by atoms with E-state index < -0.39 is 7.14 Å². The first-order chi connectivity index (χ1) is 12.7. The number of rotatable bonds is 6. The number of hydrogen-bond donors (Lipinski definition) is 0. The van der Waals surface area contributed by atoms with Gasteiger partial charge in [0, 0.05) is 10.6 Å². The van der Waals surface area contributed by atoms with Crippen molar-refractivity contribution in [2.75, 3.05) is 6.61 Å². The van der Waals surface area contributed by atoms with Crippen LogP contribution in [0.4, 0.5) is 0 Å². The Hall–Kier alpha value is -2.31. The summed E-state index contributed by atoms with van der Waals surface area (Å²) in [6, 6.07) is 26.5. The van der Waals surface area contributed by atoms with Gasteiger partial charge in [0.15, 0.2) is 7.14 Å². The van der Waals surface area contributed by atoms with Crippen molar-refractivity contribution in [3.8, 4) is 5.75 Å². The molecular formula is C22H18BrO2P. The molecule has 0 fully saturated rings. The summed E-state index contributed by atoms with van der Waals surface area (Å²) in [5.41, 5.74) is 2.89. The monoisotopic (exact) mass is 424 g/mol. The van der Waals surface area contributed by atoms with Crippen LogP contribution in [0.3, 0.4) is 0 Å². The Labute approximate surface area is 162 Å². The van der Waals surface area contributed by atoms with Crippen molar-refractivity contribution in [1.82, 2.24) is 0 Å². The minimum Gasteiger partial charge on any atom is -0.487 e. The molecule has 3 rings (SSSR count). The van der Waals surface area contributed by atoms with Gasteiger partial charge in [-0.1, -0.05) is 79.4 Å². The van der Waals surface area contributed by atoms with Crippen molar-refractivity contribution in [2.45, 2.75) is 0 Å². The maximum Gasteiger partial charge on any atom is 0.177 e. The maximum atomic E-state index is 14.2. The minimum absolute atomic E-state index is 0.146. The third-order valence-electron chi connectivity index (χ3n) is 4.02. The molecule has 0 saturated carbocycles. The summed E-state index contributed by atoms with van der Waals surface area (Å²) >= 11 is 3.47. The molecule has 0 bridgehead atoms. The molecule has 130 valence electrons. The lowest BCUT2D eigenvalue weighted by molar-refractivity contribution is 0.356. The lowest BCUT2D eigenvalue weighted by Crippen LogP contribution is -2.19. The molecule has 0 aromatic heterocycles. The number of benzene rings is 3. The van der Waals surface area contributed by atoms with E-state index in [0.717, 1.165) is 15.1 Å². The smallest absolute Gasteiger partial charge is 0.177 e. The molecule has 0 aliphatic heterocycles. The normalized spacial score (nSPS) is 10.8. The molecule has 3 aromatic carbocycles. The largest absolute Gasteiger partial charge is 0.487 e. The van der Waals surface area contributed by atoms with E-state index in [2.05, 4.69) is 28.2 Å². The Morgan fingerprint density at radius 3 is 1.88 bits per heavy atom. The van der Waals surface area contributed by atoms with Crippen LogP contribution in [0.5, 0.6) is 5.75 Å². The lowest BCUT2D eigenvalue weighted by Gasteiger charge is -2.21. The standard InChI is InChI=1S/C22H18BrO2P/c1-2-18(17-25-22-16-10-9-15-21(22)23)26(24,19-11-5-3-6-12-19)20-13-7-4-8-14-20/h3-16H,1,17H2. The third kappa shape index (κ3) is 3.76. The van der Waals surface area contributed by atoms with Gasteiger partial charge in [-0.3, -0.25) is 0 Å². The van der Waals surface area contributed by atoms with Gasteiger partial charge in [-0.05, 0) is 28.1 Å². The van der Waals surface area contributed by atoms with Crippen LogP contribution >= 0.6 is 23.1 Å². The van der Waals surface area contributed by atoms with E-state index >= 15 is 0 Å². The highest BCUT2D eigenvalue weighted by molar-refractivity contribution is 9.10. The molecule has 26 heavy (non-hydrogen) atoms. The van der Waals surface area contributed by atoms with Crippen LogP contribution < -0.4 is 15.3 Å². The summed E-state index contributed by atoms with van der Waals surface area (Å²) in [6.07, 6.45) is 0. The summed E-state index contributed by atoms with van der Waals surface area (Å²) in [4.78, 5) is 0. The van der Waals surface area contributed by atoms with E-state index in [0.29, 0.717) is 11.1 Å². The van der Waals surface area contributed by atoms with E-state index in [9.17, 15) is 4.57 Å². The zero-order valence-corrected chi connectivity index (χ0v) is 16.6. The van der Waals surface area contributed by atoms with Gasteiger partial charge >= 0.3 is 0 Å². The van der Waals surface area contributed by atoms with Crippen LogP contribution in [0.25, 0.3) is 0 Å². The average molecular weight is 425 g/mol. The zero-order valence-electron chi connectivity index (χ0n) is 14.1.